The van der Waals surface area contributed by atoms with Crippen molar-refractivity contribution in [3.63, 3.8) is 0 Å². The number of benzene rings is 3. The second kappa shape index (κ2) is 9.43. The minimum atomic E-state index is -1.20. The van der Waals surface area contributed by atoms with Crippen molar-refractivity contribution in [2.75, 3.05) is 5.32 Å². The molecule has 0 heterocycles. The fraction of sp³-hybridized carbons (Fsp3) is 0.0833. The predicted octanol–water partition coefficient (Wildman–Crippen LogP) is 4.24. The Balaban J connectivity index is 1.84. The average Bonchev–Trinajstić information content (AvgIpc) is 2.78. The van der Waals surface area contributed by atoms with Crippen LogP contribution in [-0.2, 0) is 9.53 Å². The van der Waals surface area contributed by atoms with Gasteiger partial charge in [0.15, 0.2) is 5.78 Å². The number of aldehydes is 1. The van der Waals surface area contributed by atoms with E-state index in [4.69, 9.17) is 4.74 Å². The average molecular weight is 401 g/mol. The van der Waals surface area contributed by atoms with E-state index in [0.29, 0.717) is 28.7 Å². The molecule has 0 aliphatic rings. The Labute approximate surface area is 173 Å². The van der Waals surface area contributed by atoms with E-state index in [1.165, 1.54) is 31.2 Å². The normalized spacial score (nSPS) is 11.2. The highest BCUT2D eigenvalue weighted by Gasteiger charge is 2.26. The first-order valence-electron chi connectivity index (χ1n) is 9.21. The molecule has 0 bridgehead atoms. The summed E-state index contributed by atoms with van der Waals surface area (Å²) in [6.45, 7) is 1.44. The molecule has 3 aromatic rings. The fourth-order valence-corrected chi connectivity index (χ4v) is 2.80. The molecule has 3 aromatic carbocycles. The number of rotatable bonds is 7. The first-order chi connectivity index (χ1) is 14.5. The zero-order chi connectivity index (χ0) is 21.5. The van der Waals surface area contributed by atoms with Gasteiger partial charge in [0.05, 0.1) is 5.56 Å². The van der Waals surface area contributed by atoms with Gasteiger partial charge in [0.2, 0.25) is 6.10 Å². The highest BCUT2D eigenvalue weighted by molar-refractivity contribution is 6.00. The smallest absolute Gasteiger partial charge is 0.339 e. The summed E-state index contributed by atoms with van der Waals surface area (Å²) in [5.41, 5.74) is 2.01. The molecule has 1 N–H and O–H groups in total. The lowest BCUT2D eigenvalue weighted by Gasteiger charge is -2.18. The summed E-state index contributed by atoms with van der Waals surface area (Å²) in [7, 11) is 0. The molecule has 0 aliphatic heterocycles. The lowest BCUT2D eigenvalue weighted by atomic mass is 10.1. The third-order valence-electron chi connectivity index (χ3n) is 4.38. The molecule has 6 heteroatoms. The van der Waals surface area contributed by atoms with Gasteiger partial charge in [0.25, 0.3) is 5.91 Å². The standard InChI is InChI=1S/C24H19NO5/c1-16(27)20-8-5-9-21(14-20)25-23(28)22(18-6-3-2-4-7-18)30-24(29)19-12-10-17(15-26)11-13-19/h2-15,22H,1H3,(H,25,28)/t22-/m0/s1. The van der Waals surface area contributed by atoms with Crippen molar-refractivity contribution in [1.29, 1.82) is 0 Å². The molecule has 6 nitrogen and oxygen atoms in total. The van der Waals surface area contributed by atoms with Gasteiger partial charge in [-0.3, -0.25) is 14.4 Å². The Morgan fingerprint density at radius 2 is 1.57 bits per heavy atom. The number of nitrogens with one attached hydrogen (secondary N) is 1. The molecule has 1 amide bonds. The fourth-order valence-electron chi connectivity index (χ4n) is 2.80. The van der Waals surface area contributed by atoms with E-state index in [-0.39, 0.29) is 11.3 Å². The summed E-state index contributed by atoms with van der Waals surface area (Å²) in [4.78, 5) is 47.9. The number of ketones is 1. The van der Waals surface area contributed by atoms with Crippen LogP contribution in [0.1, 0.15) is 49.7 Å². The van der Waals surface area contributed by atoms with Crippen LogP contribution in [-0.4, -0.2) is 23.9 Å². The lowest BCUT2D eigenvalue weighted by Crippen LogP contribution is -2.26. The lowest BCUT2D eigenvalue weighted by molar-refractivity contribution is -0.125. The van der Waals surface area contributed by atoms with Crippen molar-refractivity contribution in [3.05, 3.63) is 101 Å². The monoisotopic (exact) mass is 401 g/mol. The quantitative estimate of drug-likeness (QED) is 0.363. The number of ether oxygens (including phenoxy) is 1. The van der Waals surface area contributed by atoms with Crippen LogP contribution in [0.15, 0.2) is 78.9 Å². The molecule has 0 spiro atoms. The topological polar surface area (TPSA) is 89.5 Å². The molecule has 150 valence electrons. The number of carbonyl (C=O) groups is 4. The molecular formula is C24H19NO5. The predicted molar refractivity (Wildman–Crippen MR) is 112 cm³/mol. The van der Waals surface area contributed by atoms with Gasteiger partial charge < -0.3 is 10.1 Å². The van der Waals surface area contributed by atoms with E-state index < -0.39 is 18.0 Å². The van der Waals surface area contributed by atoms with Crippen LogP contribution in [0.25, 0.3) is 0 Å². The van der Waals surface area contributed by atoms with Gasteiger partial charge >= 0.3 is 5.97 Å². The summed E-state index contributed by atoms with van der Waals surface area (Å²) in [6.07, 6.45) is -0.532. The number of anilines is 1. The van der Waals surface area contributed by atoms with E-state index >= 15 is 0 Å². The van der Waals surface area contributed by atoms with E-state index in [2.05, 4.69) is 5.32 Å². The molecule has 0 aromatic heterocycles. The Hall–Kier alpha value is -4.06. The van der Waals surface area contributed by atoms with E-state index in [1.54, 1.807) is 54.6 Å². The zero-order valence-corrected chi connectivity index (χ0v) is 16.2. The van der Waals surface area contributed by atoms with Gasteiger partial charge in [-0.1, -0.05) is 54.6 Å². The Morgan fingerprint density at radius 1 is 0.867 bits per heavy atom. The van der Waals surface area contributed by atoms with Crippen molar-refractivity contribution >= 4 is 29.6 Å². The van der Waals surface area contributed by atoms with Crippen LogP contribution in [0.2, 0.25) is 0 Å². The van der Waals surface area contributed by atoms with Gasteiger partial charge in [-0.25, -0.2) is 4.79 Å². The number of esters is 1. The van der Waals surface area contributed by atoms with Gasteiger partial charge in [0, 0.05) is 22.4 Å². The molecule has 0 aliphatic carbocycles. The number of hydrogen-bond donors (Lipinski definition) is 1. The van der Waals surface area contributed by atoms with Gasteiger partial charge in [0.1, 0.15) is 6.29 Å². The minimum absolute atomic E-state index is 0.129. The van der Waals surface area contributed by atoms with Gasteiger partial charge in [-0.2, -0.15) is 0 Å². The third-order valence-corrected chi connectivity index (χ3v) is 4.38. The Bertz CT molecular complexity index is 1070. The van der Waals surface area contributed by atoms with Crippen molar-refractivity contribution in [2.45, 2.75) is 13.0 Å². The van der Waals surface area contributed by atoms with E-state index in [9.17, 15) is 19.2 Å². The van der Waals surface area contributed by atoms with Crippen molar-refractivity contribution in [3.8, 4) is 0 Å². The molecule has 0 fully saturated rings. The second-order valence-electron chi connectivity index (χ2n) is 6.56. The van der Waals surface area contributed by atoms with E-state index in [0.717, 1.165) is 0 Å². The highest BCUT2D eigenvalue weighted by Crippen LogP contribution is 2.22. The maximum absolute atomic E-state index is 12.9. The second-order valence-corrected chi connectivity index (χ2v) is 6.56. The van der Waals surface area contributed by atoms with Gasteiger partial charge in [-0.05, 0) is 31.2 Å². The van der Waals surface area contributed by atoms with Crippen LogP contribution >= 0.6 is 0 Å². The molecule has 1 atom stereocenters. The molecule has 0 radical (unpaired) electrons. The zero-order valence-electron chi connectivity index (χ0n) is 16.2. The van der Waals surface area contributed by atoms with Crippen molar-refractivity contribution in [2.24, 2.45) is 0 Å². The molecule has 3 rings (SSSR count). The van der Waals surface area contributed by atoms with Crippen molar-refractivity contribution < 1.29 is 23.9 Å². The molecular weight excluding hydrogens is 382 g/mol. The van der Waals surface area contributed by atoms with Crippen molar-refractivity contribution in [1.82, 2.24) is 0 Å². The molecule has 0 saturated heterocycles. The molecule has 0 unspecified atom stereocenters. The van der Waals surface area contributed by atoms with Gasteiger partial charge in [-0.15, -0.1) is 0 Å². The third kappa shape index (κ3) is 5.05. The summed E-state index contributed by atoms with van der Waals surface area (Å²) in [5, 5.41) is 2.70. The first-order valence-corrected chi connectivity index (χ1v) is 9.21. The van der Waals surface area contributed by atoms with Crippen LogP contribution in [0, 0.1) is 0 Å². The van der Waals surface area contributed by atoms with E-state index in [1.807, 2.05) is 0 Å². The van der Waals surface area contributed by atoms with Crippen LogP contribution < -0.4 is 5.32 Å². The number of hydrogen-bond acceptors (Lipinski definition) is 5. The number of Topliss-reactive ketones (excluding diaryl/α,β-unsaturated/α-hetero) is 1. The SMILES string of the molecule is CC(=O)c1cccc(NC(=O)[C@@H](OC(=O)c2ccc(C=O)cc2)c2ccccc2)c1. The number of carbonyl (C=O) groups excluding carboxylic acids is 4. The maximum atomic E-state index is 12.9. The summed E-state index contributed by atoms with van der Waals surface area (Å²) in [5.74, 6) is -1.38. The Kier molecular flexibility index (Phi) is 6.49. The largest absolute Gasteiger partial charge is 0.444 e. The highest BCUT2D eigenvalue weighted by atomic mass is 16.5. The first kappa shape index (κ1) is 20.7. The molecule has 0 saturated carbocycles. The minimum Gasteiger partial charge on any atom is -0.444 e. The van der Waals surface area contributed by atoms with Crippen LogP contribution in [0.4, 0.5) is 5.69 Å². The summed E-state index contributed by atoms with van der Waals surface area (Å²) in [6, 6.07) is 21.0. The molecule has 30 heavy (non-hydrogen) atoms. The maximum Gasteiger partial charge on any atom is 0.339 e. The van der Waals surface area contributed by atoms with Crippen LogP contribution in [0.3, 0.4) is 0 Å². The number of amides is 1. The summed E-state index contributed by atoms with van der Waals surface area (Å²) >= 11 is 0. The Morgan fingerprint density at radius 3 is 2.20 bits per heavy atom. The summed E-state index contributed by atoms with van der Waals surface area (Å²) < 4.78 is 5.50. The van der Waals surface area contributed by atoms with Crippen LogP contribution in [0.5, 0.6) is 0 Å².